The van der Waals surface area contributed by atoms with Crippen LogP contribution in [0.5, 0.6) is 5.75 Å². The molecule has 12 heteroatoms. The summed E-state index contributed by atoms with van der Waals surface area (Å²) >= 11 is 0. The Morgan fingerprint density at radius 3 is 1.93 bits per heavy atom. The number of nitrogens with one attached hydrogen (secondary N) is 1. The molecule has 0 spiro atoms. The summed E-state index contributed by atoms with van der Waals surface area (Å²) in [4.78, 5) is 24.5. The maximum absolute atomic E-state index is 12.6. The number of aliphatic imine (C=N–C) groups is 1. The van der Waals surface area contributed by atoms with Gasteiger partial charge in [0, 0.05) is 19.2 Å². The van der Waals surface area contributed by atoms with Crippen LogP contribution in [-0.4, -0.2) is 43.5 Å². The molecule has 0 aromatic heterocycles. The summed E-state index contributed by atoms with van der Waals surface area (Å²) in [5.41, 5.74) is 6.41. The summed E-state index contributed by atoms with van der Waals surface area (Å²) in [6.07, 6.45) is -7.82. The molecular formula is C29H39F6N3O3. The Kier molecular flexibility index (Phi) is 19.5. The third-order valence-electron chi connectivity index (χ3n) is 4.61. The van der Waals surface area contributed by atoms with E-state index in [9.17, 15) is 35.9 Å². The second-order valence-electron chi connectivity index (χ2n) is 8.06. The fraction of sp³-hybridized carbons (Fsp3) is 0.414. The summed E-state index contributed by atoms with van der Waals surface area (Å²) in [5, 5.41) is 2.30. The number of carbonyl (C=O) groups excluding carboxylic acids is 2. The second-order valence-corrected chi connectivity index (χ2v) is 8.06. The van der Waals surface area contributed by atoms with Crippen molar-refractivity contribution in [2.45, 2.75) is 67.0 Å². The Labute approximate surface area is 237 Å². The van der Waals surface area contributed by atoms with Gasteiger partial charge in [-0.2, -0.15) is 13.2 Å². The number of nitrogens with two attached hydrogens (primary N) is 1. The highest BCUT2D eigenvalue weighted by Crippen LogP contribution is 2.23. The van der Waals surface area contributed by atoms with Crippen LogP contribution < -0.4 is 15.8 Å². The van der Waals surface area contributed by atoms with Crippen molar-refractivity contribution < 1.29 is 40.7 Å². The van der Waals surface area contributed by atoms with E-state index < -0.39 is 29.9 Å². The molecule has 0 heterocycles. The summed E-state index contributed by atoms with van der Waals surface area (Å²) in [5.74, 6) is -1.25. The van der Waals surface area contributed by atoms with E-state index in [-0.39, 0.29) is 30.0 Å². The first-order valence-electron chi connectivity index (χ1n) is 12.6. The van der Waals surface area contributed by atoms with E-state index >= 15 is 0 Å². The van der Waals surface area contributed by atoms with Gasteiger partial charge in [0.15, 0.2) is 0 Å². The van der Waals surface area contributed by atoms with Crippen molar-refractivity contribution in [1.29, 1.82) is 0 Å². The number of ether oxygens (including phenoxy) is 1. The average Bonchev–Trinajstić information content (AvgIpc) is 2.90. The molecule has 2 rings (SSSR count). The van der Waals surface area contributed by atoms with Gasteiger partial charge in [0.1, 0.15) is 17.2 Å². The number of hydrogen-bond acceptors (Lipinski definition) is 5. The Balaban J connectivity index is 0. The zero-order valence-corrected chi connectivity index (χ0v) is 24.3. The Hall–Kier alpha value is -3.67. The zero-order valence-electron chi connectivity index (χ0n) is 24.3. The van der Waals surface area contributed by atoms with Crippen LogP contribution in [0.25, 0.3) is 0 Å². The summed E-state index contributed by atoms with van der Waals surface area (Å²) in [6, 6.07) is 13.5. The molecule has 0 fully saturated rings. The van der Waals surface area contributed by atoms with Gasteiger partial charge < -0.3 is 15.8 Å². The monoisotopic (exact) mass is 591 g/mol. The van der Waals surface area contributed by atoms with Crippen molar-refractivity contribution in [3.05, 3.63) is 76.9 Å². The predicted octanol–water partition coefficient (Wildman–Crippen LogP) is 6.90. The first-order chi connectivity index (χ1) is 19.0. The lowest BCUT2D eigenvalue weighted by Crippen LogP contribution is -2.26. The first-order valence-corrected chi connectivity index (χ1v) is 12.6. The number of carbonyl (C=O) groups is 2. The topological polar surface area (TPSA) is 93.8 Å². The summed E-state index contributed by atoms with van der Waals surface area (Å²) in [6.45, 7) is 10.9. The molecule has 0 aliphatic rings. The highest BCUT2D eigenvalue weighted by Gasteiger charge is 2.34. The van der Waals surface area contributed by atoms with E-state index in [0.29, 0.717) is 6.08 Å². The number of Topliss-reactive ketones (excluding diaryl/α,β-unsaturated/α-hetero) is 1. The molecule has 0 bridgehead atoms. The van der Waals surface area contributed by atoms with Gasteiger partial charge in [0.2, 0.25) is 5.91 Å². The molecule has 0 radical (unpaired) electrons. The minimum atomic E-state index is -4.85. The van der Waals surface area contributed by atoms with Crippen molar-refractivity contribution >= 4 is 17.4 Å². The van der Waals surface area contributed by atoms with E-state index in [0.717, 1.165) is 32.5 Å². The number of amides is 1. The standard InChI is InChI=1S/C15H14F6N2O2.C9H12.C3H7NO.C2H6/c1-9(6-12(22-2)14(16,17)18)13(24)23-8-10-4-3-5-11(7-10)25-15(19,20)21;1-3-9-6-4-5-8(2)7-9;1-3(5)2-4;1-2/h3-7H,8H2,1-2H3,(H,23,24);4-7H,3H2,1-2H3;2,4H2,1H3;1-2H3/b9-6+,22-12?;;;. The number of hydrogen-bond donors (Lipinski definition) is 2. The second kappa shape index (κ2) is 20.2. The van der Waals surface area contributed by atoms with E-state index in [1.165, 1.54) is 30.2 Å². The van der Waals surface area contributed by atoms with Crippen molar-refractivity contribution in [3.8, 4) is 5.75 Å². The van der Waals surface area contributed by atoms with Crippen LogP contribution in [-0.2, 0) is 22.6 Å². The number of aryl methyl sites for hydroxylation is 2. The van der Waals surface area contributed by atoms with Crippen molar-refractivity contribution in [3.63, 3.8) is 0 Å². The van der Waals surface area contributed by atoms with Crippen LogP contribution >= 0.6 is 0 Å². The number of rotatable bonds is 7. The van der Waals surface area contributed by atoms with Gasteiger partial charge in [-0.25, -0.2) is 0 Å². The minimum Gasteiger partial charge on any atom is -0.406 e. The molecule has 2 aromatic rings. The van der Waals surface area contributed by atoms with E-state index in [1.807, 2.05) is 13.8 Å². The fourth-order valence-corrected chi connectivity index (χ4v) is 2.65. The molecule has 6 nitrogen and oxygen atoms in total. The molecule has 0 aliphatic carbocycles. The lowest BCUT2D eigenvalue weighted by atomic mass is 10.1. The molecule has 0 saturated carbocycles. The molecule has 0 saturated heterocycles. The quantitative estimate of drug-likeness (QED) is 0.208. The summed E-state index contributed by atoms with van der Waals surface area (Å²) < 4.78 is 77.8. The number of halogens is 6. The molecule has 1 amide bonds. The third-order valence-corrected chi connectivity index (χ3v) is 4.61. The molecule has 2 aromatic carbocycles. The molecule has 3 N–H and O–H groups in total. The average molecular weight is 592 g/mol. The van der Waals surface area contributed by atoms with Gasteiger partial charge in [-0.3, -0.25) is 14.6 Å². The molecular weight excluding hydrogens is 552 g/mol. The molecule has 0 atom stereocenters. The largest absolute Gasteiger partial charge is 0.573 e. The number of benzene rings is 2. The van der Waals surface area contributed by atoms with Crippen molar-refractivity contribution in [2.75, 3.05) is 13.6 Å². The van der Waals surface area contributed by atoms with E-state index in [4.69, 9.17) is 5.73 Å². The van der Waals surface area contributed by atoms with Gasteiger partial charge in [0.05, 0.1) is 6.54 Å². The van der Waals surface area contributed by atoms with E-state index in [2.05, 4.69) is 53.2 Å². The number of nitrogens with zero attached hydrogens (tertiary/aromatic N) is 1. The van der Waals surface area contributed by atoms with Gasteiger partial charge in [-0.05, 0) is 56.5 Å². The normalized spacial score (nSPS) is 11.5. The van der Waals surface area contributed by atoms with Crippen LogP contribution in [0.2, 0.25) is 0 Å². The number of allylic oxidation sites excluding steroid dienone is 1. The van der Waals surface area contributed by atoms with Crippen LogP contribution in [0.15, 0.2) is 65.2 Å². The fourth-order valence-electron chi connectivity index (χ4n) is 2.65. The van der Waals surface area contributed by atoms with Gasteiger partial charge in [0.25, 0.3) is 0 Å². The molecule has 0 unspecified atom stereocenters. The highest BCUT2D eigenvalue weighted by atomic mass is 19.4. The minimum absolute atomic E-state index is 0.0324. The SMILES string of the molecule is CC.CC(=O)CN.CCc1cccc(C)c1.CN=C(/C=C(\C)C(=O)NCc1cccc(OC(F)(F)F)c1)C(F)(F)F. The molecule has 41 heavy (non-hydrogen) atoms. The third kappa shape index (κ3) is 19.9. The van der Waals surface area contributed by atoms with Crippen LogP contribution in [0, 0.1) is 6.92 Å². The first kappa shape index (κ1) is 39.5. The Morgan fingerprint density at radius 2 is 1.51 bits per heavy atom. The smallest absolute Gasteiger partial charge is 0.406 e. The zero-order chi connectivity index (χ0) is 32.2. The van der Waals surface area contributed by atoms with Gasteiger partial charge >= 0.3 is 12.5 Å². The molecule has 0 aliphatic heterocycles. The maximum atomic E-state index is 12.6. The van der Waals surface area contributed by atoms with Gasteiger partial charge in [-0.15, -0.1) is 13.2 Å². The Morgan fingerprint density at radius 1 is 0.976 bits per heavy atom. The van der Waals surface area contributed by atoms with Crippen LogP contribution in [0.3, 0.4) is 0 Å². The summed E-state index contributed by atoms with van der Waals surface area (Å²) in [7, 11) is 0.941. The van der Waals surface area contributed by atoms with Crippen molar-refractivity contribution in [2.24, 2.45) is 10.7 Å². The highest BCUT2D eigenvalue weighted by molar-refractivity contribution is 6.06. The number of alkyl halides is 6. The van der Waals surface area contributed by atoms with Crippen molar-refractivity contribution in [1.82, 2.24) is 5.32 Å². The molecule has 230 valence electrons. The lowest BCUT2D eigenvalue weighted by molar-refractivity contribution is -0.274. The Bertz CT molecular complexity index is 1130. The number of ketones is 1. The van der Waals surface area contributed by atoms with Crippen LogP contribution in [0.4, 0.5) is 26.3 Å². The van der Waals surface area contributed by atoms with E-state index in [1.54, 1.807) is 0 Å². The van der Waals surface area contributed by atoms with Gasteiger partial charge in [-0.1, -0.05) is 62.7 Å². The predicted molar refractivity (Wildman–Crippen MR) is 150 cm³/mol. The lowest BCUT2D eigenvalue weighted by Gasteiger charge is -2.11. The maximum Gasteiger partial charge on any atom is 0.573 e. The van der Waals surface area contributed by atoms with Crippen LogP contribution in [0.1, 0.15) is 51.3 Å².